The molecule has 0 radical (unpaired) electrons. The number of aryl methyl sites for hydroxylation is 1. The largest absolute Gasteiger partial charge is 0.394 e. The van der Waals surface area contributed by atoms with Crippen LogP contribution in [0.15, 0.2) is 24.3 Å². The average Bonchev–Trinajstić information content (AvgIpc) is 2.87. The number of nitrogens with two attached hydrogens (primary N) is 1. The Kier molecular flexibility index (Phi) is 2.80. The maximum atomic E-state index is 11.6. The van der Waals surface area contributed by atoms with Crippen LogP contribution in [0.2, 0.25) is 0 Å². The molecule has 5 heteroatoms. The van der Waals surface area contributed by atoms with E-state index in [1.807, 2.05) is 31.2 Å². The molecule has 0 amide bonds. The second-order valence-corrected chi connectivity index (χ2v) is 7.08. The predicted molar refractivity (Wildman–Crippen MR) is 66.6 cm³/mol. The number of aliphatic hydroxyl groups is 1. The summed E-state index contributed by atoms with van der Waals surface area (Å²) in [6.45, 7) is 1.65. The van der Waals surface area contributed by atoms with E-state index in [2.05, 4.69) is 0 Å². The molecular formula is C12H17NO3S. The van der Waals surface area contributed by atoms with Gasteiger partial charge in [-0.1, -0.05) is 29.8 Å². The summed E-state index contributed by atoms with van der Waals surface area (Å²) < 4.78 is 23.3. The zero-order valence-corrected chi connectivity index (χ0v) is 10.7. The van der Waals surface area contributed by atoms with Crippen molar-refractivity contribution in [2.75, 3.05) is 12.9 Å². The van der Waals surface area contributed by atoms with Crippen molar-refractivity contribution in [1.82, 2.24) is 0 Å². The highest BCUT2D eigenvalue weighted by Gasteiger charge is 2.67. The molecule has 1 aromatic rings. The fourth-order valence-corrected chi connectivity index (χ4v) is 4.36. The highest BCUT2D eigenvalue weighted by atomic mass is 32.2. The second kappa shape index (κ2) is 3.80. The first-order valence-corrected chi connectivity index (χ1v) is 7.41. The summed E-state index contributed by atoms with van der Waals surface area (Å²) in [5, 5.41) is 8.62. The molecule has 1 saturated carbocycles. The van der Waals surface area contributed by atoms with Crippen LogP contribution in [0.5, 0.6) is 0 Å². The molecule has 0 bridgehead atoms. The molecule has 2 rings (SSSR count). The van der Waals surface area contributed by atoms with Crippen molar-refractivity contribution in [3.05, 3.63) is 35.4 Å². The molecule has 0 aromatic heterocycles. The first-order valence-electron chi connectivity index (χ1n) is 5.46. The highest BCUT2D eigenvalue weighted by Crippen LogP contribution is 2.53. The maximum absolute atomic E-state index is 11.6. The SMILES string of the molecule is Cc1ccc([C@@H]2[C@H](S(C)(=O)=O)[C@]2(N)CO)cc1. The van der Waals surface area contributed by atoms with Crippen molar-refractivity contribution in [2.45, 2.75) is 23.6 Å². The predicted octanol–water partition coefficient (Wildman–Crippen LogP) is 0.195. The summed E-state index contributed by atoms with van der Waals surface area (Å²) in [5.41, 5.74) is 6.92. The van der Waals surface area contributed by atoms with Gasteiger partial charge >= 0.3 is 0 Å². The van der Waals surface area contributed by atoms with Gasteiger partial charge in [-0.15, -0.1) is 0 Å². The summed E-state index contributed by atoms with van der Waals surface area (Å²) in [4.78, 5) is 0. The van der Waals surface area contributed by atoms with Crippen LogP contribution in [-0.2, 0) is 9.84 Å². The van der Waals surface area contributed by atoms with E-state index >= 15 is 0 Å². The Morgan fingerprint density at radius 2 is 1.88 bits per heavy atom. The lowest BCUT2D eigenvalue weighted by molar-refractivity contribution is 0.253. The number of benzene rings is 1. The summed E-state index contributed by atoms with van der Waals surface area (Å²) in [6, 6.07) is 7.60. The summed E-state index contributed by atoms with van der Waals surface area (Å²) in [7, 11) is -3.24. The summed E-state index contributed by atoms with van der Waals surface area (Å²) in [5.74, 6) is -0.303. The second-order valence-electron chi connectivity index (χ2n) is 4.91. The lowest BCUT2D eigenvalue weighted by Gasteiger charge is -2.06. The average molecular weight is 255 g/mol. The van der Waals surface area contributed by atoms with Crippen molar-refractivity contribution in [2.24, 2.45) is 5.73 Å². The monoisotopic (exact) mass is 255 g/mol. The minimum Gasteiger partial charge on any atom is -0.394 e. The third-order valence-electron chi connectivity index (χ3n) is 3.47. The molecule has 4 nitrogen and oxygen atoms in total. The van der Waals surface area contributed by atoms with Gasteiger partial charge < -0.3 is 10.8 Å². The van der Waals surface area contributed by atoms with Gasteiger partial charge in [-0.25, -0.2) is 8.42 Å². The molecule has 0 heterocycles. The smallest absolute Gasteiger partial charge is 0.152 e. The lowest BCUT2D eigenvalue weighted by Crippen LogP contribution is -2.34. The molecule has 1 aliphatic carbocycles. The highest BCUT2D eigenvalue weighted by molar-refractivity contribution is 7.91. The van der Waals surface area contributed by atoms with Crippen LogP contribution in [0.4, 0.5) is 0 Å². The zero-order valence-electron chi connectivity index (χ0n) is 9.92. The van der Waals surface area contributed by atoms with Gasteiger partial charge in [0.2, 0.25) is 0 Å². The molecule has 1 aliphatic rings. The van der Waals surface area contributed by atoms with E-state index in [4.69, 9.17) is 5.73 Å². The first-order chi connectivity index (χ1) is 7.80. The van der Waals surface area contributed by atoms with Crippen LogP contribution in [0.1, 0.15) is 17.0 Å². The molecule has 0 unspecified atom stereocenters. The van der Waals surface area contributed by atoms with Gasteiger partial charge in [-0.3, -0.25) is 0 Å². The Labute approximate surface area is 101 Å². The Hall–Kier alpha value is -0.910. The van der Waals surface area contributed by atoms with Gasteiger partial charge in [-0.2, -0.15) is 0 Å². The van der Waals surface area contributed by atoms with Crippen LogP contribution < -0.4 is 5.73 Å². The molecular weight excluding hydrogens is 238 g/mol. The van der Waals surface area contributed by atoms with Crippen molar-refractivity contribution < 1.29 is 13.5 Å². The van der Waals surface area contributed by atoms with Gasteiger partial charge in [-0.05, 0) is 12.5 Å². The van der Waals surface area contributed by atoms with E-state index in [0.717, 1.165) is 11.1 Å². The first kappa shape index (κ1) is 12.5. The van der Waals surface area contributed by atoms with Crippen LogP contribution in [-0.4, -0.2) is 37.2 Å². The maximum Gasteiger partial charge on any atom is 0.152 e. The topological polar surface area (TPSA) is 80.4 Å². The zero-order chi connectivity index (χ0) is 12.8. The third-order valence-corrected chi connectivity index (χ3v) is 5.11. The Morgan fingerprint density at radius 1 is 1.35 bits per heavy atom. The minimum absolute atomic E-state index is 0.303. The minimum atomic E-state index is -3.24. The van der Waals surface area contributed by atoms with E-state index in [-0.39, 0.29) is 12.5 Å². The van der Waals surface area contributed by atoms with E-state index < -0.39 is 20.6 Å². The number of hydrogen-bond acceptors (Lipinski definition) is 4. The molecule has 0 saturated heterocycles. The van der Waals surface area contributed by atoms with Crippen molar-refractivity contribution in [3.63, 3.8) is 0 Å². The standard InChI is InChI=1S/C12H17NO3S/c1-8-3-5-9(6-4-8)10-11(17(2,15)16)12(10,13)7-14/h3-6,10-11,14H,7,13H2,1-2H3/t10-,11+,12+/m1/s1. The van der Waals surface area contributed by atoms with Crippen molar-refractivity contribution in [1.29, 1.82) is 0 Å². The van der Waals surface area contributed by atoms with Crippen molar-refractivity contribution in [3.8, 4) is 0 Å². The summed E-state index contributed by atoms with van der Waals surface area (Å²) >= 11 is 0. The van der Waals surface area contributed by atoms with Gasteiger partial charge in [0.25, 0.3) is 0 Å². The van der Waals surface area contributed by atoms with E-state index in [1.54, 1.807) is 0 Å². The summed E-state index contributed by atoms with van der Waals surface area (Å²) in [6.07, 6.45) is 1.17. The van der Waals surface area contributed by atoms with Gasteiger partial charge in [0.15, 0.2) is 9.84 Å². The van der Waals surface area contributed by atoms with E-state index in [1.165, 1.54) is 6.26 Å². The molecule has 17 heavy (non-hydrogen) atoms. The van der Waals surface area contributed by atoms with Crippen LogP contribution in [0.25, 0.3) is 0 Å². The van der Waals surface area contributed by atoms with Gasteiger partial charge in [0, 0.05) is 12.2 Å². The van der Waals surface area contributed by atoms with E-state index in [0.29, 0.717) is 0 Å². The number of hydrogen-bond donors (Lipinski definition) is 2. The molecule has 1 fully saturated rings. The molecule has 3 atom stereocenters. The molecule has 3 N–H and O–H groups in total. The molecule has 94 valence electrons. The fourth-order valence-electron chi connectivity index (χ4n) is 2.52. The fraction of sp³-hybridized carbons (Fsp3) is 0.500. The van der Waals surface area contributed by atoms with E-state index in [9.17, 15) is 13.5 Å². The van der Waals surface area contributed by atoms with Gasteiger partial charge in [0.1, 0.15) is 0 Å². The Bertz CT molecular complexity index is 523. The molecule has 0 aliphatic heterocycles. The molecule has 1 aromatic carbocycles. The normalized spacial score (nSPS) is 32.5. The van der Waals surface area contributed by atoms with Crippen molar-refractivity contribution >= 4 is 9.84 Å². The lowest BCUT2D eigenvalue weighted by atomic mass is 10.1. The molecule has 0 spiro atoms. The quantitative estimate of drug-likeness (QED) is 0.808. The van der Waals surface area contributed by atoms with Gasteiger partial charge in [0.05, 0.1) is 17.4 Å². The van der Waals surface area contributed by atoms with Crippen LogP contribution in [0, 0.1) is 6.92 Å². The van der Waals surface area contributed by atoms with Crippen LogP contribution >= 0.6 is 0 Å². The number of rotatable bonds is 3. The number of aliphatic hydroxyl groups excluding tert-OH is 1. The van der Waals surface area contributed by atoms with Crippen LogP contribution in [0.3, 0.4) is 0 Å². The Morgan fingerprint density at radius 3 is 2.24 bits per heavy atom. The number of sulfone groups is 1. The Balaban J connectivity index is 2.37. The third kappa shape index (κ3) is 1.99.